The molecule has 2 unspecified atom stereocenters. The van der Waals surface area contributed by atoms with E-state index in [1.54, 1.807) is 0 Å². The summed E-state index contributed by atoms with van der Waals surface area (Å²) in [6.07, 6.45) is -4.07. The highest BCUT2D eigenvalue weighted by molar-refractivity contribution is 7.90. The van der Waals surface area contributed by atoms with E-state index in [2.05, 4.69) is 21.6 Å². The Morgan fingerprint density at radius 1 is 0.971 bits per heavy atom. The number of rotatable bonds is 7. The van der Waals surface area contributed by atoms with Gasteiger partial charge < -0.3 is 14.7 Å². The van der Waals surface area contributed by atoms with Gasteiger partial charge in [0, 0.05) is 17.9 Å². The van der Waals surface area contributed by atoms with E-state index in [1.165, 1.54) is 0 Å². The van der Waals surface area contributed by atoms with Gasteiger partial charge in [0.05, 0.1) is 17.5 Å². The first kappa shape index (κ1) is 24.1. The zero-order valence-electron chi connectivity index (χ0n) is 18.1. The van der Waals surface area contributed by atoms with Crippen molar-refractivity contribution in [3.05, 3.63) is 83.9 Å². The summed E-state index contributed by atoms with van der Waals surface area (Å²) in [5.41, 5.74) is 4.28. The Labute approximate surface area is 196 Å². The second-order valence-electron chi connectivity index (χ2n) is 7.95. The number of para-hydroxylation sites is 2. The van der Waals surface area contributed by atoms with Crippen molar-refractivity contribution in [2.75, 3.05) is 18.0 Å². The Hall–Kier alpha value is -3.08. The number of β-amino-alcohol motifs (C(OH)–C–C–N with tert-alkyl or cyclic N) is 1. The maximum atomic E-state index is 12.8. The highest BCUT2D eigenvalue weighted by Crippen LogP contribution is 2.36. The van der Waals surface area contributed by atoms with Crippen LogP contribution in [0, 0.1) is 4.78 Å². The number of nitrogens with one attached hydrogen (secondary N) is 2. The standard InChI is InChI=1S/C24H24F3N3O3S/c25-24(26,27)33-20-11-13-21(14-12-20)34(28,32)29-15-19(31)16-30-22-7-3-1-5-17(22)9-10-18-6-2-4-8-23(18)30/h1-8,11-14,19,31H,9-10,15-16H2,(H2,28,29,32). The summed E-state index contributed by atoms with van der Waals surface area (Å²) >= 11 is 0. The van der Waals surface area contributed by atoms with E-state index >= 15 is 0 Å². The fraction of sp³-hybridized carbons (Fsp3) is 0.250. The monoisotopic (exact) mass is 491 g/mol. The third kappa shape index (κ3) is 5.69. The molecule has 0 saturated heterocycles. The lowest BCUT2D eigenvalue weighted by Crippen LogP contribution is -2.38. The smallest absolute Gasteiger partial charge is 0.406 e. The molecule has 0 saturated carbocycles. The molecular weight excluding hydrogens is 467 g/mol. The summed E-state index contributed by atoms with van der Waals surface area (Å²) < 4.78 is 64.3. The first-order valence-corrected chi connectivity index (χ1v) is 12.2. The highest BCUT2D eigenvalue weighted by atomic mass is 32.2. The van der Waals surface area contributed by atoms with E-state index < -0.39 is 28.1 Å². The summed E-state index contributed by atoms with van der Waals surface area (Å²) in [5.74, 6) is -0.468. The summed E-state index contributed by atoms with van der Waals surface area (Å²) in [7, 11) is -3.55. The number of ether oxygens (including phenoxy) is 1. The minimum Gasteiger partial charge on any atom is -0.406 e. The molecule has 34 heavy (non-hydrogen) atoms. The molecule has 0 amide bonds. The third-order valence-corrected chi connectivity index (χ3v) is 7.04. The molecule has 0 aliphatic carbocycles. The second kappa shape index (κ2) is 9.65. The molecule has 3 N–H and O–H groups in total. The SMILES string of the molecule is N=S(=O)(NCC(O)CN1c2ccccc2CCc2ccccc21)c1ccc(OC(F)(F)F)cc1. The van der Waals surface area contributed by atoms with E-state index in [1.807, 2.05) is 41.3 Å². The van der Waals surface area contributed by atoms with Crippen LogP contribution in [0.15, 0.2) is 77.7 Å². The molecular formula is C24H24F3N3O3S. The maximum Gasteiger partial charge on any atom is 0.573 e. The zero-order chi connectivity index (χ0) is 24.3. The Bertz CT molecular complexity index is 1200. The number of hydrogen-bond donors (Lipinski definition) is 3. The number of halogens is 3. The van der Waals surface area contributed by atoms with Gasteiger partial charge in [-0.15, -0.1) is 13.2 Å². The normalized spacial score (nSPS) is 16.1. The Morgan fingerprint density at radius 3 is 2.03 bits per heavy atom. The van der Waals surface area contributed by atoms with E-state index in [0.29, 0.717) is 0 Å². The van der Waals surface area contributed by atoms with Gasteiger partial charge in [-0.3, -0.25) is 0 Å². The minimum atomic E-state index is -4.84. The topological polar surface area (TPSA) is 85.7 Å². The van der Waals surface area contributed by atoms with Crippen molar-refractivity contribution in [2.45, 2.75) is 30.2 Å². The number of fused-ring (bicyclic) bond motifs is 2. The lowest BCUT2D eigenvalue weighted by Gasteiger charge is -2.29. The first-order chi connectivity index (χ1) is 16.1. The van der Waals surface area contributed by atoms with E-state index in [9.17, 15) is 22.5 Å². The number of anilines is 2. The average molecular weight is 492 g/mol. The molecule has 4 rings (SSSR count). The van der Waals surface area contributed by atoms with Crippen molar-refractivity contribution in [3.63, 3.8) is 0 Å². The largest absolute Gasteiger partial charge is 0.573 e. The molecule has 0 spiro atoms. The number of benzene rings is 3. The molecule has 1 heterocycles. The van der Waals surface area contributed by atoms with Crippen molar-refractivity contribution in [1.82, 2.24) is 4.72 Å². The first-order valence-electron chi connectivity index (χ1n) is 10.6. The molecule has 0 radical (unpaired) electrons. The fourth-order valence-corrected chi connectivity index (χ4v) is 5.09. The molecule has 3 aromatic carbocycles. The number of aliphatic hydroxyl groups excluding tert-OH is 1. The van der Waals surface area contributed by atoms with Crippen molar-refractivity contribution in [2.24, 2.45) is 0 Å². The molecule has 1 aliphatic rings. The van der Waals surface area contributed by atoms with Crippen molar-refractivity contribution in [3.8, 4) is 5.75 Å². The van der Waals surface area contributed by atoms with Gasteiger partial charge in [-0.05, 0) is 60.4 Å². The molecule has 2 atom stereocenters. The lowest BCUT2D eigenvalue weighted by atomic mass is 10.0. The molecule has 10 heteroatoms. The molecule has 3 aromatic rings. The molecule has 0 fully saturated rings. The molecule has 1 aliphatic heterocycles. The van der Waals surface area contributed by atoms with Crippen LogP contribution in [0.1, 0.15) is 11.1 Å². The van der Waals surface area contributed by atoms with Crippen LogP contribution in [0.25, 0.3) is 0 Å². The molecule has 6 nitrogen and oxygen atoms in total. The zero-order valence-corrected chi connectivity index (χ0v) is 18.9. The van der Waals surface area contributed by atoms with Crippen molar-refractivity contribution in [1.29, 1.82) is 4.78 Å². The van der Waals surface area contributed by atoms with Crippen molar-refractivity contribution < 1.29 is 27.2 Å². The third-order valence-electron chi connectivity index (χ3n) is 5.53. The minimum absolute atomic E-state index is 0.0142. The van der Waals surface area contributed by atoms with Crippen LogP contribution in [-0.2, 0) is 22.8 Å². The number of hydrogen-bond acceptors (Lipinski definition) is 5. The lowest BCUT2D eigenvalue weighted by molar-refractivity contribution is -0.274. The van der Waals surface area contributed by atoms with E-state index in [-0.39, 0.29) is 18.0 Å². The van der Waals surface area contributed by atoms with Crippen molar-refractivity contribution >= 4 is 21.3 Å². The van der Waals surface area contributed by atoms with Gasteiger partial charge in [0.15, 0.2) is 0 Å². The number of alkyl halides is 3. The number of aryl methyl sites for hydroxylation is 2. The van der Waals surface area contributed by atoms with Crippen LogP contribution >= 0.6 is 0 Å². The number of nitrogens with zero attached hydrogens (tertiary/aromatic N) is 1. The average Bonchev–Trinajstić information content (AvgIpc) is 2.95. The van der Waals surface area contributed by atoms with Gasteiger partial charge in [0.2, 0.25) is 0 Å². The summed E-state index contributed by atoms with van der Waals surface area (Å²) in [6, 6.07) is 20.2. The summed E-state index contributed by atoms with van der Waals surface area (Å²) in [4.78, 5) is 2.01. The van der Waals surface area contributed by atoms with E-state index in [4.69, 9.17) is 4.78 Å². The van der Waals surface area contributed by atoms with Gasteiger partial charge in [-0.2, -0.15) is 0 Å². The van der Waals surface area contributed by atoms with Gasteiger partial charge in [0.1, 0.15) is 15.7 Å². The summed E-state index contributed by atoms with van der Waals surface area (Å²) in [6.45, 7) is 0.0544. The van der Waals surface area contributed by atoms with Crippen LogP contribution in [0.5, 0.6) is 5.75 Å². The molecule has 180 valence electrons. The predicted molar refractivity (Wildman–Crippen MR) is 124 cm³/mol. The maximum absolute atomic E-state index is 12.8. The van der Waals surface area contributed by atoms with Gasteiger partial charge >= 0.3 is 6.36 Å². The van der Waals surface area contributed by atoms with Crippen LogP contribution in [0.4, 0.5) is 24.5 Å². The number of aliphatic hydroxyl groups is 1. The quantitative estimate of drug-likeness (QED) is 0.444. The summed E-state index contributed by atoms with van der Waals surface area (Å²) in [5, 5.41) is 10.8. The van der Waals surface area contributed by atoms with Crippen LogP contribution < -0.4 is 14.4 Å². The van der Waals surface area contributed by atoms with E-state index in [0.717, 1.165) is 59.6 Å². The Kier molecular flexibility index (Phi) is 6.83. The van der Waals surface area contributed by atoms with Gasteiger partial charge in [0.25, 0.3) is 0 Å². The van der Waals surface area contributed by atoms with Crippen LogP contribution in [-0.4, -0.2) is 34.9 Å². The fourth-order valence-electron chi connectivity index (χ4n) is 3.97. The van der Waals surface area contributed by atoms with Crippen LogP contribution in [0.3, 0.4) is 0 Å². The highest BCUT2D eigenvalue weighted by Gasteiger charge is 2.31. The van der Waals surface area contributed by atoms with Crippen LogP contribution in [0.2, 0.25) is 0 Å². The second-order valence-corrected chi connectivity index (χ2v) is 9.82. The Balaban J connectivity index is 1.46. The van der Waals surface area contributed by atoms with Gasteiger partial charge in [-0.1, -0.05) is 36.4 Å². The van der Waals surface area contributed by atoms with Gasteiger partial charge in [-0.25, -0.2) is 13.7 Å². The predicted octanol–water partition coefficient (Wildman–Crippen LogP) is 4.79. The Morgan fingerprint density at radius 2 is 1.50 bits per heavy atom. The molecule has 0 bridgehead atoms. The molecule has 0 aromatic heterocycles.